The minimum atomic E-state index is 0.0987. The Labute approximate surface area is 134 Å². The summed E-state index contributed by atoms with van der Waals surface area (Å²) in [6, 6.07) is 9.00. The molecule has 0 saturated carbocycles. The molecule has 1 heterocycles. The molecule has 2 N–H and O–H groups in total. The smallest absolute Gasteiger partial charge is 0.0511 e. The molecule has 4 heteroatoms. The second-order valence-electron chi connectivity index (χ2n) is 6.25. The van der Waals surface area contributed by atoms with E-state index in [0.29, 0.717) is 6.04 Å². The first kappa shape index (κ1) is 16.8. The summed E-state index contributed by atoms with van der Waals surface area (Å²) >= 11 is 6.42. The van der Waals surface area contributed by atoms with E-state index in [-0.39, 0.29) is 12.1 Å². The van der Waals surface area contributed by atoms with E-state index in [1.54, 1.807) is 0 Å². The molecule has 3 nitrogen and oxygen atoms in total. The Morgan fingerprint density at radius 3 is 2.71 bits per heavy atom. The summed E-state index contributed by atoms with van der Waals surface area (Å²) in [6.45, 7) is 4.39. The fourth-order valence-electron chi connectivity index (χ4n) is 3.39. The molecule has 0 spiro atoms. The zero-order valence-electron chi connectivity index (χ0n) is 13.4. The highest BCUT2D eigenvalue weighted by Crippen LogP contribution is 2.31. The predicted octanol–water partition coefficient (Wildman–Crippen LogP) is 3.14. The molecule has 0 bridgehead atoms. The number of hydrogen-bond donors (Lipinski definition) is 1. The summed E-state index contributed by atoms with van der Waals surface area (Å²) in [5, 5.41) is 0.818. The first-order valence-corrected chi connectivity index (χ1v) is 8.32. The standard InChI is InChI=1S/C17H28ClN3/c1-4-16(19)17(14-9-5-6-10-15(14)18)21(3)12-13-8-7-11-20(13)2/h5-6,9-10,13,16-17H,4,7-8,11-12,19H2,1-3H3. The minimum Gasteiger partial charge on any atom is -0.326 e. The fourth-order valence-corrected chi connectivity index (χ4v) is 3.64. The molecule has 1 saturated heterocycles. The number of hydrogen-bond acceptors (Lipinski definition) is 3. The summed E-state index contributed by atoms with van der Waals surface area (Å²) in [5.74, 6) is 0. The Hall–Kier alpha value is -0.610. The van der Waals surface area contributed by atoms with Crippen molar-refractivity contribution in [2.24, 2.45) is 5.73 Å². The molecule has 1 aromatic carbocycles. The molecule has 0 radical (unpaired) electrons. The van der Waals surface area contributed by atoms with Gasteiger partial charge in [-0.05, 0) is 51.5 Å². The van der Waals surface area contributed by atoms with Gasteiger partial charge in [0.1, 0.15) is 0 Å². The van der Waals surface area contributed by atoms with Crippen LogP contribution in [0.15, 0.2) is 24.3 Å². The van der Waals surface area contributed by atoms with Gasteiger partial charge in [0, 0.05) is 23.7 Å². The number of nitrogens with two attached hydrogens (primary N) is 1. The van der Waals surface area contributed by atoms with Crippen molar-refractivity contribution in [1.82, 2.24) is 9.80 Å². The molecule has 1 aliphatic rings. The molecular formula is C17H28ClN3. The van der Waals surface area contributed by atoms with Gasteiger partial charge >= 0.3 is 0 Å². The molecular weight excluding hydrogens is 282 g/mol. The van der Waals surface area contributed by atoms with Crippen molar-refractivity contribution in [3.63, 3.8) is 0 Å². The van der Waals surface area contributed by atoms with Gasteiger partial charge in [-0.15, -0.1) is 0 Å². The lowest BCUT2D eigenvalue weighted by atomic mass is 9.96. The van der Waals surface area contributed by atoms with Gasteiger partial charge in [0.2, 0.25) is 0 Å². The Bertz CT molecular complexity index is 451. The summed E-state index contributed by atoms with van der Waals surface area (Å²) in [7, 11) is 4.39. The van der Waals surface area contributed by atoms with Crippen molar-refractivity contribution in [3.8, 4) is 0 Å². The van der Waals surface area contributed by atoms with Crippen LogP contribution in [0.4, 0.5) is 0 Å². The van der Waals surface area contributed by atoms with Gasteiger partial charge in [0.05, 0.1) is 6.04 Å². The maximum Gasteiger partial charge on any atom is 0.0511 e. The average molecular weight is 310 g/mol. The molecule has 1 aliphatic heterocycles. The van der Waals surface area contributed by atoms with Crippen LogP contribution in [-0.2, 0) is 0 Å². The van der Waals surface area contributed by atoms with Crippen LogP contribution in [0.2, 0.25) is 5.02 Å². The summed E-state index contributed by atoms with van der Waals surface area (Å²) in [5.41, 5.74) is 7.56. The largest absolute Gasteiger partial charge is 0.326 e. The van der Waals surface area contributed by atoms with Crippen LogP contribution in [0.5, 0.6) is 0 Å². The minimum absolute atomic E-state index is 0.0987. The molecule has 3 atom stereocenters. The molecule has 0 aromatic heterocycles. The Morgan fingerprint density at radius 2 is 2.14 bits per heavy atom. The lowest BCUT2D eigenvalue weighted by molar-refractivity contribution is 0.157. The molecule has 0 amide bonds. The third-order valence-corrected chi connectivity index (χ3v) is 5.09. The number of nitrogens with zero attached hydrogens (tertiary/aromatic N) is 2. The lowest BCUT2D eigenvalue weighted by Crippen LogP contribution is -2.44. The number of likely N-dealkylation sites (N-methyl/N-ethyl adjacent to an activating group) is 2. The second kappa shape index (κ2) is 7.59. The molecule has 1 aromatic rings. The summed E-state index contributed by atoms with van der Waals surface area (Å²) < 4.78 is 0. The fraction of sp³-hybridized carbons (Fsp3) is 0.647. The Kier molecular flexibility index (Phi) is 6.06. The second-order valence-corrected chi connectivity index (χ2v) is 6.66. The van der Waals surface area contributed by atoms with E-state index in [4.69, 9.17) is 17.3 Å². The van der Waals surface area contributed by atoms with Crippen molar-refractivity contribution in [2.45, 2.75) is 44.3 Å². The van der Waals surface area contributed by atoms with Crippen LogP contribution in [0.3, 0.4) is 0 Å². The van der Waals surface area contributed by atoms with Crippen LogP contribution < -0.4 is 5.73 Å². The maximum atomic E-state index is 6.42. The van der Waals surface area contributed by atoms with Gasteiger partial charge in [-0.1, -0.05) is 36.7 Å². The maximum absolute atomic E-state index is 6.42. The van der Waals surface area contributed by atoms with Crippen LogP contribution in [0, 0.1) is 0 Å². The Balaban J connectivity index is 2.17. The SMILES string of the molecule is CCC(N)C(c1ccccc1Cl)N(C)CC1CCCN1C. The van der Waals surface area contributed by atoms with E-state index >= 15 is 0 Å². The molecule has 21 heavy (non-hydrogen) atoms. The number of halogens is 1. The lowest BCUT2D eigenvalue weighted by Gasteiger charge is -2.36. The van der Waals surface area contributed by atoms with Gasteiger partial charge in [0.25, 0.3) is 0 Å². The summed E-state index contributed by atoms with van der Waals surface area (Å²) in [4.78, 5) is 4.85. The molecule has 2 rings (SSSR count). The van der Waals surface area contributed by atoms with E-state index in [2.05, 4.69) is 36.9 Å². The zero-order valence-corrected chi connectivity index (χ0v) is 14.2. The summed E-state index contributed by atoms with van der Waals surface area (Å²) in [6.07, 6.45) is 3.52. The van der Waals surface area contributed by atoms with Gasteiger partial charge in [-0.25, -0.2) is 0 Å². The topological polar surface area (TPSA) is 32.5 Å². The third kappa shape index (κ3) is 3.98. The first-order chi connectivity index (χ1) is 10.0. The monoisotopic (exact) mass is 309 g/mol. The predicted molar refractivity (Wildman–Crippen MR) is 90.7 cm³/mol. The van der Waals surface area contributed by atoms with Gasteiger partial charge < -0.3 is 10.6 Å². The van der Waals surface area contributed by atoms with Gasteiger partial charge in [0.15, 0.2) is 0 Å². The van der Waals surface area contributed by atoms with E-state index in [1.807, 2.05) is 18.2 Å². The van der Waals surface area contributed by atoms with Gasteiger partial charge in [-0.2, -0.15) is 0 Å². The average Bonchev–Trinajstić information content (AvgIpc) is 2.86. The van der Waals surface area contributed by atoms with Crippen molar-refractivity contribution in [3.05, 3.63) is 34.9 Å². The van der Waals surface area contributed by atoms with Crippen molar-refractivity contribution < 1.29 is 0 Å². The van der Waals surface area contributed by atoms with Crippen molar-refractivity contribution in [2.75, 3.05) is 27.2 Å². The molecule has 0 aliphatic carbocycles. The number of likely N-dealkylation sites (tertiary alicyclic amines) is 1. The quantitative estimate of drug-likeness (QED) is 0.876. The van der Waals surface area contributed by atoms with Gasteiger partial charge in [-0.3, -0.25) is 4.90 Å². The van der Waals surface area contributed by atoms with E-state index in [0.717, 1.165) is 23.6 Å². The highest BCUT2D eigenvalue weighted by molar-refractivity contribution is 6.31. The Morgan fingerprint density at radius 1 is 1.43 bits per heavy atom. The molecule has 118 valence electrons. The van der Waals surface area contributed by atoms with E-state index < -0.39 is 0 Å². The van der Waals surface area contributed by atoms with Crippen LogP contribution in [0.25, 0.3) is 0 Å². The molecule has 3 unspecified atom stereocenters. The molecule has 1 fully saturated rings. The van der Waals surface area contributed by atoms with E-state index in [9.17, 15) is 0 Å². The number of rotatable bonds is 6. The van der Waals surface area contributed by atoms with E-state index in [1.165, 1.54) is 19.4 Å². The highest BCUT2D eigenvalue weighted by atomic mass is 35.5. The zero-order chi connectivity index (χ0) is 15.4. The van der Waals surface area contributed by atoms with Crippen molar-refractivity contribution in [1.29, 1.82) is 0 Å². The normalized spacial score (nSPS) is 22.7. The third-order valence-electron chi connectivity index (χ3n) is 4.75. The van der Waals surface area contributed by atoms with Crippen LogP contribution in [0.1, 0.15) is 37.8 Å². The number of benzene rings is 1. The van der Waals surface area contributed by atoms with Crippen LogP contribution >= 0.6 is 11.6 Å². The first-order valence-electron chi connectivity index (χ1n) is 7.95. The van der Waals surface area contributed by atoms with Crippen LogP contribution in [-0.4, -0.2) is 49.1 Å². The highest BCUT2D eigenvalue weighted by Gasteiger charge is 2.29. The van der Waals surface area contributed by atoms with Crippen molar-refractivity contribution >= 4 is 11.6 Å².